The van der Waals surface area contributed by atoms with Crippen molar-refractivity contribution >= 4 is 0 Å². The Kier molecular flexibility index (Phi) is 5.11. The lowest BCUT2D eigenvalue weighted by Gasteiger charge is -2.32. The van der Waals surface area contributed by atoms with Gasteiger partial charge in [-0.15, -0.1) is 0 Å². The Morgan fingerprint density at radius 2 is 1.94 bits per heavy atom. The monoisotopic (exact) mass is 224 g/mol. The Hall–Kier alpha value is -0.0800. The number of nitrogens with zero attached hydrogens (tertiary/aromatic N) is 1. The normalized spacial score (nSPS) is 27.2. The number of likely N-dealkylation sites (tertiary alicyclic amines) is 1. The molecule has 2 aliphatic rings. The zero-order valence-corrected chi connectivity index (χ0v) is 10.9. The zero-order chi connectivity index (χ0) is 11.2. The average Bonchev–Trinajstić information content (AvgIpc) is 3.09. The van der Waals surface area contributed by atoms with E-state index in [0.29, 0.717) is 0 Å². The first-order valence-electron chi connectivity index (χ1n) is 7.27. The lowest BCUT2D eigenvalue weighted by Crippen LogP contribution is -2.38. The van der Waals surface area contributed by atoms with Crippen LogP contribution in [0.3, 0.4) is 0 Å². The van der Waals surface area contributed by atoms with E-state index in [1.165, 1.54) is 71.0 Å². The Morgan fingerprint density at radius 3 is 2.69 bits per heavy atom. The number of hydrogen-bond donors (Lipinski definition) is 1. The van der Waals surface area contributed by atoms with E-state index in [9.17, 15) is 0 Å². The summed E-state index contributed by atoms with van der Waals surface area (Å²) in [6.07, 6.45) is 11.5. The van der Waals surface area contributed by atoms with Gasteiger partial charge in [-0.3, -0.25) is 0 Å². The highest BCUT2D eigenvalue weighted by atomic mass is 15.1. The minimum absolute atomic E-state index is 0.852. The summed E-state index contributed by atoms with van der Waals surface area (Å²) < 4.78 is 0. The highest BCUT2D eigenvalue weighted by Gasteiger charge is 2.20. The summed E-state index contributed by atoms with van der Waals surface area (Å²) in [5, 5.41) is 3.61. The predicted octanol–water partition coefficient (Wildman–Crippen LogP) is 2.64. The van der Waals surface area contributed by atoms with Crippen LogP contribution in [0.2, 0.25) is 0 Å². The fourth-order valence-electron chi connectivity index (χ4n) is 2.82. The maximum Gasteiger partial charge on any atom is 0.0104 e. The molecule has 0 radical (unpaired) electrons. The van der Waals surface area contributed by atoms with Crippen LogP contribution in [-0.2, 0) is 0 Å². The van der Waals surface area contributed by atoms with E-state index in [1.54, 1.807) is 0 Å². The maximum atomic E-state index is 3.61. The smallest absolute Gasteiger partial charge is 0.0104 e. The molecule has 1 aliphatic heterocycles. The van der Waals surface area contributed by atoms with E-state index in [0.717, 1.165) is 12.0 Å². The van der Waals surface area contributed by atoms with Crippen molar-refractivity contribution in [2.75, 3.05) is 26.7 Å². The molecule has 94 valence electrons. The quantitative estimate of drug-likeness (QED) is 0.669. The Balaban J connectivity index is 1.43. The van der Waals surface area contributed by atoms with E-state index >= 15 is 0 Å². The second-order valence-electron chi connectivity index (χ2n) is 5.75. The van der Waals surface area contributed by atoms with E-state index in [2.05, 4.69) is 17.3 Å². The van der Waals surface area contributed by atoms with Gasteiger partial charge >= 0.3 is 0 Å². The maximum absolute atomic E-state index is 3.61. The zero-order valence-electron chi connectivity index (χ0n) is 10.9. The minimum Gasteiger partial charge on any atom is -0.317 e. The molecule has 0 bridgehead atoms. The van der Waals surface area contributed by atoms with E-state index in [-0.39, 0.29) is 0 Å². The standard InChI is InChI=1S/C14H28N2/c1-16-12-3-2-6-14(16)9-11-15-10-4-5-13-7-8-13/h13-15H,2-12H2,1H3. The van der Waals surface area contributed by atoms with Gasteiger partial charge in [0, 0.05) is 6.04 Å². The highest BCUT2D eigenvalue weighted by Crippen LogP contribution is 2.33. The summed E-state index contributed by atoms with van der Waals surface area (Å²) in [4.78, 5) is 2.55. The first kappa shape index (κ1) is 12.4. The van der Waals surface area contributed by atoms with Crippen LogP contribution in [-0.4, -0.2) is 37.6 Å². The van der Waals surface area contributed by atoms with E-state index in [4.69, 9.17) is 0 Å². The molecule has 1 heterocycles. The predicted molar refractivity (Wildman–Crippen MR) is 69.7 cm³/mol. The lowest BCUT2D eigenvalue weighted by atomic mass is 10.0. The van der Waals surface area contributed by atoms with Gasteiger partial charge in [0.1, 0.15) is 0 Å². The van der Waals surface area contributed by atoms with Crippen molar-refractivity contribution in [2.24, 2.45) is 5.92 Å². The van der Waals surface area contributed by atoms with Crippen molar-refractivity contribution in [3.05, 3.63) is 0 Å². The van der Waals surface area contributed by atoms with Crippen molar-refractivity contribution in [1.29, 1.82) is 0 Å². The molecular weight excluding hydrogens is 196 g/mol. The molecule has 2 nitrogen and oxygen atoms in total. The van der Waals surface area contributed by atoms with Gasteiger partial charge < -0.3 is 10.2 Å². The largest absolute Gasteiger partial charge is 0.317 e. The summed E-state index contributed by atoms with van der Waals surface area (Å²) >= 11 is 0. The molecule has 16 heavy (non-hydrogen) atoms. The van der Waals surface area contributed by atoms with Crippen LogP contribution in [0.15, 0.2) is 0 Å². The molecule has 0 aromatic heterocycles. The molecule has 0 aromatic carbocycles. The highest BCUT2D eigenvalue weighted by molar-refractivity contribution is 4.75. The molecule has 0 aromatic rings. The van der Waals surface area contributed by atoms with Gasteiger partial charge in [-0.1, -0.05) is 19.3 Å². The third kappa shape index (κ3) is 4.42. The molecule has 2 fully saturated rings. The Labute approximate surface area is 101 Å². The second-order valence-corrected chi connectivity index (χ2v) is 5.75. The van der Waals surface area contributed by atoms with Crippen LogP contribution in [0.5, 0.6) is 0 Å². The van der Waals surface area contributed by atoms with Gasteiger partial charge in [0.25, 0.3) is 0 Å². The van der Waals surface area contributed by atoms with Gasteiger partial charge in [-0.05, 0) is 64.7 Å². The van der Waals surface area contributed by atoms with Gasteiger partial charge in [-0.2, -0.15) is 0 Å². The van der Waals surface area contributed by atoms with Crippen LogP contribution in [0.4, 0.5) is 0 Å². The Bertz CT molecular complexity index is 189. The molecule has 1 saturated carbocycles. The molecule has 1 saturated heterocycles. The van der Waals surface area contributed by atoms with Crippen LogP contribution in [0.25, 0.3) is 0 Å². The van der Waals surface area contributed by atoms with Crippen molar-refractivity contribution in [3.8, 4) is 0 Å². The lowest BCUT2D eigenvalue weighted by molar-refractivity contribution is 0.175. The van der Waals surface area contributed by atoms with Crippen LogP contribution < -0.4 is 5.32 Å². The van der Waals surface area contributed by atoms with E-state index in [1.807, 2.05) is 0 Å². The SMILES string of the molecule is CN1CCCCC1CCNCCCC1CC1. The molecule has 1 atom stereocenters. The number of hydrogen-bond acceptors (Lipinski definition) is 2. The van der Waals surface area contributed by atoms with Gasteiger partial charge in [0.2, 0.25) is 0 Å². The van der Waals surface area contributed by atoms with Crippen molar-refractivity contribution in [1.82, 2.24) is 10.2 Å². The molecule has 2 heteroatoms. The third-order valence-corrected chi connectivity index (χ3v) is 4.24. The minimum atomic E-state index is 0.852. The summed E-state index contributed by atoms with van der Waals surface area (Å²) in [7, 11) is 2.29. The first-order valence-corrected chi connectivity index (χ1v) is 7.27. The molecule has 0 amide bonds. The molecule has 2 rings (SSSR count). The van der Waals surface area contributed by atoms with Gasteiger partial charge in [-0.25, -0.2) is 0 Å². The summed E-state index contributed by atoms with van der Waals surface area (Å²) in [6, 6.07) is 0.852. The van der Waals surface area contributed by atoms with E-state index < -0.39 is 0 Å². The second kappa shape index (κ2) is 6.61. The third-order valence-electron chi connectivity index (χ3n) is 4.24. The van der Waals surface area contributed by atoms with Crippen LogP contribution in [0.1, 0.15) is 51.4 Å². The van der Waals surface area contributed by atoms with Crippen molar-refractivity contribution < 1.29 is 0 Å². The summed E-state index contributed by atoms with van der Waals surface area (Å²) in [6.45, 7) is 3.78. The number of rotatable bonds is 7. The van der Waals surface area contributed by atoms with Crippen molar-refractivity contribution in [2.45, 2.75) is 57.4 Å². The molecular formula is C14H28N2. The van der Waals surface area contributed by atoms with Gasteiger partial charge in [0.05, 0.1) is 0 Å². The number of nitrogens with one attached hydrogen (secondary N) is 1. The molecule has 1 aliphatic carbocycles. The molecule has 0 spiro atoms. The Morgan fingerprint density at radius 1 is 1.06 bits per heavy atom. The van der Waals surface area contributed by atoms with Crippen molar-refractivity contribution in [3.63, 3.8) is 0 Å². The van der Waals surface area contributed by atoms with Crippen LogP contribution >= 0.6 is 0 Å². The summed E-state index contributed by atoms with van der Waals surface area (Å²) in [5.41, 5.74) is 0. The fourth-order valence-corrected chi connectivity index (χ4v) is 2.82. The first-order chi connectivity index (χ1) is 7.86. The summed E-state index contributed by atoms with van der Waals surface area (Å²) in [5.74, 6) is 1.10. The number of piperidine rings is 1. The van der Waals surface area contributed by atoms with Gasteiger partial charge in [0.15, 0.2) is 0 Å². The average molecular weight is 224 g/mol. The fraction of sp³-hybridized carbons (Fsp3) is 1.00. The molecule has 1 N–H and O–H groups in total. The van der Waals surface area contributed by atoms with Crippen LogP contribution in [0, 0.1) is 5.92 Å². The topological polar surface area (TPSA) is 15.3 Å². The molecule has 1 unspecified atom stereocenters.